The molecule has 0 spiro atoms. The van der Waals surface area contributed by atoms with E-state index in [4.69, 9.17) is 36.1 Å². The standard InChI is InChI=1S/C18H19ClFN3O7S/c1-8(24)27-7-13-16(28-9(2)25)15(22-23-21)17(29-10(3)26)18(30-13)31-14-6-11(19)4-5-12(14)20/h4-6,13,15-18H,7H2,1-3H3/t13-,15+,16+,17-,18-/m1/s1. The van der Waals surface area contributed by atoms with Gasteiger partial charge in [-0.3, -0.25) is 14.4 Å². The number of carbonyl (C=O) groups excluding carboxylic acids is 3. The molecule has 31 heavy (non-hydrogen) atoms. The first-order chi connectivity index (χ1) is 14.6. The van der Waals surface area contributed by atoms with Gasteiger partial charge in [-0.2, -0.15) is 0 Å². The average Bonchev–Trinajstić information content (AvgIpc) is 2.67. The highest BCUT2D eigenvalue weighted by Crippen LogP contribution is 2.39. The molecule has 5 atom stereocenters. The van der Waals surface area contributed by atoms with Crippen molar-refractivity contribution >= 4 is 41.3 Å². The van der Waals surface area contributed by atoms with E-state index in [-0.39, 0.29) is 16.5 Å². The number of hydrogen-bond donors (Lipinski definition) is 0. The van der Waals surface area contributed by atoms with E-state index in [1.54, 1.807) is 0 Å². The number of thioether (sulfide) groups is 1. The van der Waals surface area contributed by atoms with Crippen molar-refractivity contribution in [3.05, 3.63) is 39.5 Å². The first kappa shape index (κ1) is 24.7. The fourth-order valence-corrected chi connectivity index (χ4v) is 4.27. The van der Waals surface area contributed by atoms with Gasteiger partial charge in [-0.05, 0) is 23.7 Å². The molecule has 0 aromatic heterocycles. The van der Waals surface area contributed by atoms with E-state index < -0.39 is 53.5 Å². The lowest BCUT2D eigenvalue weighted by atomic mass is 9.97. The van der Waals surface area contributed by atoms with Gasteiger partial charge >= 0.3 is 17.9 Å². The first-order valence-electron chi connectivity index (χ1n) is 8.91. The van der Waals surface area contributed by atoms with Crippen LogP contribution in [-0.2, 0) is 33.3 Å². The largest absolute Gasteiger partial charge is 0.463 e. The summed E-state index contributed by atoms with van der Waals surface area (Å²) in [7, 11) is 0. The third-order valence-corrected chi connectivity index (χ3v) is 5.41. The fraction of sp³-hybridized carbons (Fsp3) is 0.500. The van der Waals surface area contributed by atoms with Crippen LogP contribution in [0.2, 0.25) is 5.02 Å². The lowest BCUT2D eigenvalue weighted by molar-refractivity contribution is -0.201. The molecule has 0 unspecified atom stereocenters. The van der Waals surface area contributed by atoms with Crippen molar-refractivity contribution in [3.63, 3.8) is 0 Å². The molecular formula is C18H19ClFN3O7S. The Balaban J connectivity index is 2.47. The summed E-state index contributed by atoms with van der Waals surface area (Å²) in [6, 6.07) is 2.61. The summed E-state index contributed by atoms with van der Waals surface area (Å²) in [6.07, 6.45) is -3.58. The van der Waals surface area contributed by atoms with Gasteiger partial charge in [0.05, 0.1) is 0 Å². The number of azide groups is 1. The monoisotopic (exact) mass is 475 g/mol. The molecule has 13 heteroatoms. The Morgan fingerprint density at radius 2 is 1.84 bits per heavy atom. The van der Waals surface area contributed by atoms with E-state index in [1.165, 1.54) is 19.1 Å². The molecular weight excluding hydrogens is 457 g/mol. The number of hydrogen-bond acceptors (Lipinski definition) is 9. The third kappa shape index (κ3) is 7.00. The van der Waals surface area contributed by atoms with Crippen LogP contribution < -0.4 is 0 Å². The van der Waals surface area contributed by atoms with Crippen molar-refractivity contribution in [3.8, 4) is 0 Å². The molecule has 2 rings (SSSR count). The van der Waals surface area contributed by atoms with Crippen LogP contribution in [0.25, 0.3) is 10.4 Å². The lowest BCUT2D eigenvalue weighted by Crippen LogP contribution is -2.59. The highest BCUT2D eigenvalue weighted by Gasteiger charge is 2.50. The fourth-order valence-electron chi connectivity index (χ4n) is 2.86. The smallest absolute Gasteiger partial charge is 0.303 e. The molecule has 1 aromatic rings. The topological polar surface area (TPSA) is 137 Å². The molecule has 1 heterocycles. The zero-order valence-corrected chi connectivity index (χ0v) is 18.3. The number of benzene rings is 1. The average molecular weight is 476 g/mol. The molecule has 0 bridgehead atoms. The summed E-state index contributed by atoms with van der Waals surface area (Å²) in [5, 5.41) is 3.89. The summed E-state index contributed by atoms with van der Waals surface area (Å²) in [5.41, 5.74) is 7.94. The van der Waals surface area contributed by atoms with Gasteiger partial charge in [0, 0.05) is 35.6 Å². The van der Waals surface area contributed by atoms with Crippen LogP contribution in [0.4, 0.5) is 4.39 Å². The summed E-state index contributed by atoms with van der Waals surface area (Å²) in [5.74, 6) is -2.70. The minimum absolute atomic E-state index is 0.0755. The maximum atomic E-state index is 14.3. The van der Waals surface area contributed by atoms with Crippen molar-refractivity contribution in [1.29, 1.82) is 0 Å². The van der Waals surface area contributed by atoms with E-state index in [1.807, 2.05) is 0 Å². The molecule has 1 aliphatic heterocycles. The predicted molar refractivity (Wildman–Crippen MR) is 107 cm³/mol. The van der Waals surface area contributed by atoms with E-state index in [9.17, 15) is 18.8 Å². The molecule has 1 fully saturated rings. The number of carbonyl (C=O) groups is 3. The second-order valence-corrected chi connectivity index (χ2v) is 7.96. The van der Waals surface area contributed by atoms with Crippen molar-refractivity contribution < 1.29 is 37.7 Å². The molecule has 10 nitrogen and oxygen atoms in total. The van der Waals surface area contributed by atoms with Crippen LogP contribution >= 0.6 is 23.4 Å². The summed E-state index contributed by atoms with van der Waals surface area (Å²) < 4.78 is 35.7. The quantitative estimate of drug-likeness (QED) is 0.192. The maximum Gasteiger partial charge on any atom is 0.303 e. The van der Waals surface area contributed by atoms with Gasteiger partial charge in [0.25, 0.3) is 0 Å². The number of nitrogens with zero attached hydrogens (tertiary/aromatic N) is 3. The van der Waals surface area contributed by atoms with Crippen molar-refractivity contribution in [1.82, 2.24) is 0 Å². The van der Waals surface area contributed by atoms with Crippen LogP contribution in [0, 0.1) is 5.82 Å². The maximum absolute atomic E-state index is 14.3. The molecule has 1 saturated heterocycles. The second-order valence-electron chi connectivity index (χ2n) is 6.38. The van der Waals surface area contributed by atoms with Crippen molar-refractivity contribution in [2.24, 2.45) is 5.11 Å². The highest BCUT2D eigenvalue weighted by molar-refractivity contribution is 7.99. The zero-order valence-electron chi connectivity index (χ0n) is 16.7. The zero-order chi connectivity index (χ0) is 23.1. The Kier molecular flexibility index (Phi) is 8.93. The number of ether oxygens (including phenoxy) is 4. The van der Waals surface area contributed by atoms with E-state index >= 15 is 0 Å². The number of rotatable bonds is 7. The van der Waals surface area contributed by atoms with Gasteiger partial charge in [-0.25, -0.2) is 4.39 Å². The van der Waals surface area contributed by atoms with E-state index in [0.717, 1.165) is 31.7 Å². The Morgan fingerprint density at radius 1 is 1.19 bits per heavy atom. The van der Waals surface area contributed by atoms with Crippen molar-refractivity contribution in [2.75, 3.05) is 6.61 Å². The minimum atomic E-state index is -1.25. The number of halogens is 2. The summed E-state index contributed by atoms with van der Waals surface area (Å²) in [6.45, 7) is 3.07. The molecule has 0 saturated carbocycles. The molecule has 1 aromatic carbocycles. The van der Waals surface area contributed by atoms with Crippen LogP contribution in [0.1, 0.15) is 20.8 Å². The molecule has 168 valence electrons. The minimum Gasteiger partial charge on any atom is -0.463 e. The van der Waals surface area contributed by atoms with Crippen LogP contribution in [0.3, 0.4) is 0 Å². The van der Waals surface area contributed by atoms with Gasteiger partial charge in [0.2, 0.25) is 0 Å². The molecule has 0 radical (unpaired) electrons. The molecule has 0 aliphatic carbocycles. The van der Waals surface area contributed by atoms with Crippen LogP contribution in [0.5, 0.6) is 0 Å². The third-order valence-electron chi connectivity index (χ3n) is 3.99. The first-order valence-corrected chi connectivity index (χ1v) is 10.2. The predicted octanol–water partition coefficient (Wildman–Crippen LogP) is 3.40. The van der Waals surface area contributed by atoms with Crippen LogP contribution in [-0.4, -0.2) is 54.3 Å². The highest BCUT2D eigenvalue weighted by atomic mass is 35.5. The Morgan fingerprint density at radius 3 is 2.42 bits per heavy atom. The van der Waals surface area contributed by atoms with Gasteiger partial charge in [0.15, 0.2) is 0 Å². The molecule has 0 amide bonds. The van der Waals surface area contributed by atoms with E-state index in [2.05, 4.69) is 10.0 Å². The molecule has 1 aliphatic rings. The van der Waals surface area contributed by atoms with Crippen LogP contribution in [0.15, 0.2) is 28.2 Å². The number of esters is 3. The summed E-state index contributed by atoms with van der Waals surface area (Å²) >= 11 is 6.76. The Labute approximate surface area is 185 Å². The van der Waals surface area contributed by atoms with Gasteiger partial charge in [-0.15, -0.1) is 0 Å². The molecule has 0 N–H and O–H groups in total. The summed E-state index contributed by atoms with van der Waals surface area (Å²) in [4.78, 5) is 37.5. The second kappa shape index (κ2) is 11.2. The van der Waals surface area contributed by atoms with Gasteiger partial charge in [-0.1, -0.05) is 28.5 Å². The Bertz CT molecular complexity index is 899. The van der Waals surface area contributed by atoms with Crippen molar-refractivity contribution in [2.45, 2.75) is 55.5 Å². The van der Waals surface area contributed by atoms with Gasteiger partial charge < -0.3 is 18.9 Å². The SMILES string of the molecule is CC(=O)OC[C@H]1O[C@H](Sc2cc(Cl)ccc2F)[C@H](OC(C)=O)[C@@H](N=[N+]=[N-])[C@H]1OC(C)=O. The normalized spacial score (nSPS) is 25.1. The van der Waals surface area contributed by atoms with E-state index in [0.29, 0.717) is 0 Å². The lowest BCUT2D eigenvalue weighted by Gasteiger charge is -2.43. The Hall–Kier alpha value is -2.53. The van der Waals surface area contributed by atoms with Gasteiger partial charge in [0.1, 0.15) is 42.2 Å².